The largest absolute Gasteiger partial charge is 0.505 e. The van der Waals surface area contributed by atoms with Crippen LogP contribution in [0.15, 0.2) is 78.8 Å². The maximum Gasteiger partial charge on any atom is 0.295 e. The van der Waals surface area contributed by atoms with E-state index < -0.39 is 17.7 Å². The minimum atomic E-state index is -0.793. The minimum Gasteiger partial charge on any atom is -0.505 e. The van der Waals surface area contributed by atoms with Crippen molar-refractivity contribution in [2.24, 2.45) is 0 Å². The van der Waals surface area contributed by atoms with Crippen LogP contribution in [-0.4, -0.2) is 42.7 Å². The van der Waals surface area contributed by atoms with Crippen molar-refractivity contribution in [2.45, 2.75) is 32.9 Å². The van der Waals surface area contributed by atoms with Crippen LogP contribution in [0.2, 0.25) is 0 Å². The first-order chi connectivity index (χ1) is 17.5. The number of Topliss-reactive ketones (excluding diaryl/α,β-unsaturated/α-hetero) is 1. The molecule has 36 heavy (non-hydrogen) atoms. The molecule has 1 saturated heterocycles. The van der Waals surface area contributed by atoms with Gasteiger partial charge in [-0.2, -0.15) is 0 Å². The summed E-state index contributed by atoms with van der Waals surface area (Å²) in [5.41, 5.74) is 3.07. The predicted molar refractivity (Wildman–Crippen MR) is 134 cm³/mol. The number of aliphatic hydroxyl groups excluding tert-OH is 1. The van der Waals surface area contributed by atoms with Crippen LogP contribution >= 0.6 is 0 Å². The second kappa shape index (κ2) is 9.65. The summed E-state index contributed by atoms with van der Waals surface area (Å²) in [5.74, 6) is -0.974. The number of benzene rings is 1. The number of pyridine rings is 2. The molecular weight excluding hydrogens is 456 g/mol. The van der Waals surface area contributed by atoms with Crippen molar-refractivity contribution < 1.29 is 19.4 Å². The topological polar surface area (TPSA) is 97.0 Å². The van der Waals surface area contributed by atoms with Crippen molar-refractivity contribution in [3.63, 3.8) is 0 Å². The Morgan fingerprint density at radius 1 is 1.08 bits per heavy atom. The summed E-state index contributed by atoms with van der Waals surface area (Å²) in [5, 5.41) is 11.5. The number of hydrogen-bond donors (Lipinski definition) is 1. The average molecular weight is 483 g/mol. The number of aliphatic hydroxyl groups is 1. The van der Waals surface area contributed by atoms with Crippen molar-refractivity contribution in [3.8, 4) is 5.75 Å². The van der Waals surface area contributed by atoms with Gasteiger partial charge in [-0.25, -0.2) is 4.98 Å². The SMILES string of the molecule is CCCOc1ccc(C2/C(=C(\O)c3c(C)nc4ccccn34)C(=O)C(=O)N2Cc2cccnc2)cc1. The number of imidazole rings is 1. The summed E-state index contributed by atoms with van der Waals surface area (Å²) in [7, 11) is 0. The average Bonchev–Trinajstić information content (AvgIpc) is 3.36. The fraction of sp³-hybridized carbons (Fsp3) is 0.214. The number of ketones is 1. The van der Waals surface area contributed by atoms with Crippen molar-refractivity contribution in [3.05, 3.63) is 101 Å². The number of amides is 1. The van der Waals surface area contributed by atoms with Gasteiger partial charge >= 0.3 is 0 Å². The number of hydrogen-bond acceptors (Lipinski definition) is 6. The second-order valence-electron chi connectivity index (χ2n) is 8.68. The molecule has 4 aromatic rings. The molecule has 1 aliphatic heterocycles. The summed E-state index contributed by atoms with van der Waals surface area (Å²) in [6.45, 7) is 4.55. The Balaban J connectivity index is 1.66. The molecule has 0 bridgehead atoms. The molecule has 0 saturated carbocycles. The lowest BCUT2D eigenvalue weighted by molar-refractivity contribution is -0.140. The van der Waals surface area contributed by atoms with Crippen LogP contribution in [0, 0.1) is 6.92 Å². The molecule has 1 aromatic carbocycles. The first-order valence-corrected chi connectivity index (χ1v) is 11.8. The van der Waals surface area contributed by atoms with E-state index in [1.165, 1.54) is 4.90 Å². The van der Waals surface area contributed by atoms with Gasteiger partial charge in [0.2, 0.25) is 0 Å². The van der Waals surface area contributed by atoms with E-state index >= 15 is 0 Å². The number of nitrogens with zero attached hydrogens (tertiary/aromatic N) is 4. The van der Waals surface area contributed by atoms with E-state index in [4.69, 9.17) is 4.74 Å². The molecule has 1 fully saturated rings. The van der Waals surface area contributed by atoms with Gasteiger partial charge in [-0.3, -0.25) is 19.0 Å². The fourth-order valence-electron chi connectivity index (χ4n) is 4.57. The van der Waals surface area contributed by atoms with Gasteiger partial charge in [0, 0.05) is 25.1 Å². The molecule has 3 aromatic heterocycles. The summed E-state index contributed by atoms with van der Waals surface area (Å²) in [4.78, 5) is 36.8. The van der Waals surface area contributed by atoms with Crippen LogP contribution < -0.4 is 4.74 Å². The molecule has 8 nitrogen and oxygen atoms in total. The zero-order valence-corrected chi connectivity index (χ0v) is 20.1. The Hall–Kier alpha value is -4.46. The number of fused-ring (bicyclic) bond motifs is 1. The highest BCUT2D eigenvalue weighted by atomic mass is 16.5. The standard InChI is InChI=1S/C28H26N4O4/c1-3-15-36-21-11-9-20(10-12-21)25-23(26(33)24-18(2)30-22-8-4-5-14-31(22)24)27(34)28(35)32(25)17-19-7-6-13-29-16-19/h4-14,16,25,33H,3,15,17H2,1-2H3/b26-23+. The zero-order chi connectivity index (χ0) is 25.2. The first kappa shape index (κ1) is 23.3. The molecule has 1 aliphatic rings. The molecule has 1 N–H and O–H groups in total. The zero-order valence-electron chi connectivity index (χ0n) is 20.1. The molecule has 8 heteroatoms. The van der Waals surface area contributed by atoms with Gasteiger partial charge in [-0.05, 0) is 54.8 Å². The van der Waals surface area contributed by atoms with Gasteiger partial charge in [0.25, 0.3) is 11.7 Å². The van der Waals surface area contributed by atoms with Gasteiger partial charge in [-0.1, -0.05) is 31.2 Å². The Morgan fingerprint density at radius 2 is 1.89 bits per heavy atom. The van der Waals surface area contributed by atoms with Gasteiger partial charge in [0.1, 0.15) is 17.1 Å². The van der Waals surface area contributed by atoms with Crippen molar-refractivity contribution in [1.29, 1.82) is 0 Å². The summed E-state index contributed by atoms with van der Waals surface area (Å²) >= 11 is 0. The number of rotatable bonds is 7. The first-order valence-electron chi connectivity index (χ1n) is 11.8. The number of carbonyl (C=O) groups is 2. The molecule has 0 spiro atoms. The van der Waals surface area contributed by atoms with Gasteiger partial charge in [-0.15, -0.1) is 0 Å². The lowest BCUT2D eigenvalue weighted by Gasteiger charge is -2.25. The Kier molecular flexibility index (Phi) is 6.25. The van der Waals surface area contributed by atoms with Crippen molar-refractivity contribution in [2.75, 3.05) is 6.61 Å². The maximum atomic E-state index is 13.4. The number of aromatic nitrogens is 3. The van der Waals surface area contributed by atoms with Gasteiger partial charge < -0.3 is 14.7 Å². The highest BCUT2D eigenvalue weighted by Crippen LogP contribution is 2.41. The molecular formula is C28H26N4O4. The van der Waals surface area contributed by atoms with E-state index in [1.807, 2.05) is 55.5 Å². The predicted octanol–water partition coefficient (Wildman–Crippen LogP) is 4.45. The third-order valence-corrected chi connectivity index (χ3v) is 6.21. The molecule has 0 aliphatic carbocycles. The lowest BCUT2D eigenvalue weighted by Crippen LogP contribution is -2.29. The third kappa shape index (κ3) is 4.11. The molecule has 1 amide bonds. The Bertz CT molecular complexity index is 1460. The molecule has 182 valence electrons. The van der Waals surface area contributed by atoms with E-state index in [2.05, 4.69) is 9.97 Å². The highest BCUT2D eigenvalue weighted by Gasteiger charge is 2.46. The van der Waals surface area contributed by atoms with Crippen LogP contribution in [0.25, 0.3) is 11.4 Å². The monoisotopic (exact) mass is 482 g/mol. The summed E-state index contributed by atoms with van der Waals surface area (Å²) < 4.78 is 7.43. The Labute approximate surface area is 208 Å². The number of likely N-dealkylation sites (tertiary alicyclic amines) is 1. The molecule has 0 radical (unpaired) electrons. The van der Waals surface area contributed by atoms with E-state index in [9.17, 15) is 14.7 Å². The van der Waals surface area contributed by atoms with E-state index in [0.29, 0.717) is 35.0 Å². The quantitative estimate of drug-likeness (QED) is 0.238. The van der Waals surface area contributed by atoms with E-state index in [0.717, 1.165) is 12.0 Å². The van der Waals surface area contributed by atoms with Crippen molar-refractivity contribution >= 4 is 23.1 Å². The lowest BCUT2D eigenvalue weighted by atomic mass is 9.96. The molecule has 1 unspecified atom stereocenters. The van der Waals surface area contributed by atoms with E-state index in [-0.39, 0.29) is 17.9 Å². The van der Waals surface area contributed by atoms with Crippen molar-refractivity contribution in [1.82, 2.24) is 19.3 Å². The van der Waals surface area contributed by atoms with Crippen LogP contribution in [-0.2, 0) is 16.1 Å². The van der Waals surface area contributed by atoms with Crippen LogP contribution in [0.1, 0.15) is 41.9 Å². The summed E-state index contributed by atoms with van der Waals surface area (Å²) in [6.07, 6.45) is 5.96. The highest BCUT2D eigenvalue weighted by molar-refractivity contribution is 6.46. The number of aryl methyl sites for hydroxylation is 1. The maximum absolute atomic E-state index is 13.4. The fourth-order valence-corrected chi connectivity index (χ4v) is 4.57. The van der Waals surface area contributed by atoms with Crippen LogP contribution in [0.5, 0.6) is 5.75 Å². The normalized spacial score (nSPS) is 17.2. The number of carbonyl (C=O) groups excluding carboxylic acids is 2. The van der Waals surface area contributed by atoms with Gasteiger partial charge in [0.05, 0.1) is 23.9 Å². The third-order valence-electron chi connectivity index (χ3n) is 6.21. The minimum absolute atomic E-state index is 0.0277. The van der Waals surface area contributed by atoms with E-state index in [1.54, 1.807) is 36.0 Å². The molecule has 5 rings (SSSR count). The number of ether oxygens (including phenoxy) is 1. The molecule has 1 atom stereocenters. The van der Waals surface area contributed by atoms with Gasteiger partial charge in [0.15, 0.2) is 5.76 Å². The van der Waals surface area contributed by atoms with Crippen LogP contribution in [0.3, 0.4) is 0 Å². The summed E-state index contributed by atoms with van der Waals surface area (Å²) in [6, 6.07) is 15.6. The smallest absolute Gasteiger partial charge is 0.295 e. The van der Waals surface area contributed by atoms with Crippen LogP contribution in [0.4, 0.5) is 0 Å². The molecule has 4 heterocycles. The Morgan fingerprint density at radius 3 is 2.61 bits per heavy atom. The second-order valence-corrected chi connectivity index (χ2v) is 8.68.